The van der Waals surface area contributed by atoms with E-state index in [4.69, 9.17) is 0 Å². The average Bonchev–Trinajstić information content (AvgIpc) is 2.48. The fourth-order valence-electron chi connectivity index (χ4n) is 1.82. The number of hydrogen-bond acceptors (Lipinski definition) is 3. The van der Waals surface area contributed by atoms with Gasteiger partial charge < -0.3 is 5.32 Å². The Labute approximate surface area is 117 Å². The second-order valence-corrected chi connectivity index (χ2v) is 4.38. The number of carbonyl (C=O) groups excluding carboxylic acids is 1. The van der Waals surface area contributed by atoms with Gasteiger partial charge in [0.05, 0.1) is 0 Å². The Morgan fingerprint density at radius 2 is 1.85 bits per heavy atom. The number of nitrogens with one attached hydrogen (secondary N) is 1. The molecule has 0 saturated carbocycles. The highest BCUT2D eigenvalue weighted by Crippen LogP contribution is 2.10. The van der Waals surface area contributed by atoms with Gasteiger partial charge in [0, 0.05) is 18.3 Å². The molecule has 5 heteroatoms. The predicted octanol–water partition coefficient (Wildman–Crippen LogP) is 2.08. The molecule has 1 amide bonds. The Bertz CT molecular complexity index is 660. The van der Waals surface area contributed by atoms with Crippen molar-refractivity contribution in [2.75, 3.05) is 5.32 Å². The molecule has 0 unspecified atom stereocenters. The number of amides is 1. The van der Waals surface area contributed by atoms with Crippen molar-refractivity contribution in [3.8, 4) is 0 Å². The highest BCUT2D eigenvalue weighted by Gasteiger charge is 2.09. The number of nitrogens with zero attached hydrogens (tertiary/aromatic N) is 2. The van der Waals surface area contributed by atoms with E-state index in [1.165, 1.54) is 22.4 Å². The van der Waals surface area contributed by atoms with Crippen LogP contribution in [0.4, 0.5) is 5.69 Å². The Kier molecular flexibility index (Phi) is 4.30. The zero-order valence-corrected chi connectivity index (χ0v) is 11.6. The van der Waals surface area contributed by atoms with Gasteiger partial charge in [0.1, 0.15) is 5.69 Å². The number of hydrogen-bond donors (Lipinski definition) is 1. The van der Waals surface area contributed by atoms with Crippen molar-refractivity contribution in [2.45, 2.75) is 26.8 Å². The molecule has 5 nitrogen and oxygen atoms in total. The largest absolute Gasteiger partial charge is 0.321 e. The van der Waals surface area contributed by atoms with Crippen LogP contribution in [0.5, 0.6) is 0 Å². The first kappa shape index (κ1) is 14.0. The fraction of sp³-hybridized carbons (Fsp3) is 0.267. The SMILES string of the molecule is CCc1ccc(NC(=O)c2ccc(=O)n(CC)n2)cc1. The molecule has 0 aliphatic rings. The first-order valence-electron chi connectivity index (χ1n) is 6.62. The highest BCUT2D eigenvalue weighted by atomic mass is 16.2. The number of carbonyl (C=O) groups is 1. The normalized spacial score (nSPS) is 10.3. The Morgan fingerprint density at radius 3 is 2.45 bits per heavy atom. The molecule has 0 fully saturated rings. The van der Waals surface area contributed by atoms with Gasteiger partial charge in [-0.2, -0.15) is 5.10 Å². The molecule has 2 rings (SSSR count). The van der Waals surface area contributed by atoms with Crippen LogP contribution in [-0.2, 0) is 13.0 Å². The van der Waals surface area contributed by atoms with Crippen LogP contribution in [0.1, 0.15) is 29.9 Å². The van der Waals surface area contributed by atoms with Crippen molar-refractivity contribution in [2.24, 2.45) is 0 Å². The van der Waals surface area contributed by atoms with Crippen LogP contribution in [0.2, 0.25) is 0 Å². The second-order valence-electron chi connectivity index (χ2n) is 4.38. The van der Waals surface area contributed by atoms with Crippen LogP contribution in [0, 0.1) is 0 Å². The summed E-state index contributed by atoms with van der Waals surface area (Å²) in [6.45, 7) is 4.32. The van der Waals surface area contributed by atoms with E-state index >= 15 is 0 Å². The maximum Gasteiger partial charge on any atom is 0.276 e. The summed E-state index contributed by atoms with van der Waals surface area (Å²) in [5.74, 6) is -0.323. The molecule has 0 aliphatic heterocycles. The third-order valence-electron chi connectivity index (χ3n) is 3.02. The number of anilines is 1. The molecular formula is C15H17N3O2. The topological polar surface area (TPSA) is 64.0 Å². The number of benzene rings is 1. The van der Waals surface area contributed by atoms with Gasteiger partial charge in [-0.25, -0.2) is 4.68 Å². The number of rotatable bonds is 4. The van der Waals surface area contributed by atoms with Gasteiger partial charge in [0.25, 0.3) is 11.5 Å². The molecular weight excluding hydrogens is 254 g/mol. The third kappa shape index (κ3) is 3.12. The van der Waals surface area contributed by atoms with E-state index in [2.05, 4.69) is 17.3 Å². The molecule has 0 atom stereocenters. The predicted molar refractivity (Wildman–Crippen MR) is 77.9 cm³/mol. The van der Waals surface area contributed by atoms with E-state index in [1.807, 2.05) is 24.3 Å². The van der Waals surface area contributed by atoms with Crippen LogP contribution in [0.25, 0.3) is 0 Å². The lowest BCUT2D eigenvalue weighted by atomic mass is 10.1. The lowest BCUT2D eigenvalue weighted by Gasteiger charge is -2.07. The Hall–Kier alpha value is -2.43. The summed E-state index contributed by atoms with van der Waals surface area (Å²) in [5, 5.41) is 6.78. The Morgan fingerprint density at radius 1 is 1.15 bits per heavy atom. The van der Waals surface area contributed by atoms with Crippen LogP contribution in [0.3, 0.4) is 0 Å². The fourth-order valence-corrected chi connectivity index (χ4v) is 1.82. The summed E-state index contributed by atoms with van der Waals surface area (Å²) in [6.07, 6.45) is 0.956. The lowest BCUT2D eigenvalue weighted by Crippen LogP contribution is -2.25. The van der Waals surface area contributed by atoms with Gasteiger partial charge >= 0.3 is 0 Å². The smallest absolute Gasteiger partial charge is 0.276 e. The van der Waals surface area contributed by atoms with Crippen molar-refractivity contribution in [3.05, 3.63) is 58.0 Å². The Balaban J connectivity index is 2.16. The maximum atomic E-state index is 12.1. The van der Waals surface area contributed by atoms with Crippen LogP contribution in [-0.4, -0.2) is 15.7 Å². The molecule has 0 saturated heterocycles. The highest BCUT2D eigenvalue weighted by molar-refractivity contribution is 6.02. The van der Waals surface area contributed by atoms with Gasteiger partial charge in [-0.05, 0) is 37.1 Å². The van der Waals surface area contributed by atoms with Crippen molar-refractivity contribution >= 4 is 11.6 Å². The minimum atomic E-state index is -0.323. The number of aryl methyl sites for hydroxylation is 2. The maximum absolute atomic E-state index is 12.1. The molecule has 20 heavy (non-hydrogen) atoms. The van der Waals surface area contributed by atoms with E-state index < -0.39 is 0 Å². The monoisotopic (exact) mass is 271 g/mol. The van der Waals surface area contributed by atoms with Gasteiger partial charge in [-0.15, -0.1) is 0 Å². The van der Waals surface area contributed by atoms with Gasteiger partial charge in [0.2, 0.25) is 0 Å². The summed E-state index contributed by atoms with van der Waals surface area (Å²) < 4.78 is 1.26. The zero-order chi connectivity index (χ0) is 14.5. The molecule has 0 bridgehead atoms. The third-order valence-corrected chi connectivity index (χ3v) is 3.02. The quantitative estimate of drug-likeness (QED) is 0.926. The van der Waals surface area contributed by atoms with Crippen LogP contribution in [0.15, 0.2) is 41.2 Å². The van der Waals surface area contributed by atoms with Crippen molar-refractivity contribution in [1.29, 1.82) is 0 Å². The standard InChI is InChI=1S/C15H17N3O2/c1-3-11-5-7-12(8-6-11)16-15(20)13-9-10-14(19)18(4-2)17-13/h5-10H,3-4H2,1-2H3,(H,16,20). The minimum absolute atomic E-state index is 0.212. The van der Waals surface area contributed by atoms with Crippen LogP contribution >= 0.6 is 0 Å². The first-order chi connectivity index (χ1) is 9.63. The van der Waals surface area contributed by atoms with E-state index in [-0.39, 0.29) is 17.2 Å². The summed E-state index contributed by atoms with van der Waals surface area (Å²) in [7, 11) is 0. The summed E-state index contributed by atoms with van der Waals surface area (Å²) in [4.78, 5) is 23.5. The zero-order valence-electron chi connectivity index (χ0n) is 11.6. The second kappa shape index (κ2) is 6.14. The molecule has 2 aromatic rings. The molecule has 0 spiro atoms. The minimum Gasteiger partial charge on any atom is -0.321 e. The molecule has 1 aromatic heterocycles. The van der Waals surface area contributed by atoms with E-state index in [1.54, 1.807) is 6.92 Å². The van der Waals surface area contributed by atoms with E-state index in [9.17, 15) is 9.59 Å². The molecule has 1 aromatic carbocycles. The summed E-state index contributed by atoms with van der Waals surface area (Å²) in [6, 6.07) is 10.4. The van der Waals surface area contributed by atoms with E-state index in [0.717, 1.165) is 6.42 Å². The van der Waals surface area contributed by atoms with Crippen molar-refractivity contribution < 1.29 is 4.79 Å². The summed E-state index contributed by atoms with van der Waals surface area (Å²) >= 11 is 0. The summed E-state index contributed by atoms with van der Waals surface area (Å²) in [5.41, 5.74) is 1.94. The average molecular weight is 271 g/mol. The van der Waals surface area contributed by atoms with Crippen LogP contribution < -0.4 is 10.9 Å². The lowest BCUT2D eigenvalue weighted by molar-refractivity contribution is 0.102. The van der Waals surface area contributed by atoms with Gasteiger partial charge in [-0.3, -0.25) is 9.59 Å². The first-order valence-corrected chi connectivity index (χ1v) is 6.62. The molecule has 0 aliphatic carbocycles. The van der Waals surface area contributed by atoms with Crippen molar-refractivity contribution in [1.82, 2.24) is 9.78 Å². The number of aromatic nitrogens is 2. The van der Waals surface area contributed by atoms with E-state index in [0.29, 0.717) is 12.2 Å². The van der Waals surface area contributed by atoms with Crippen molar-refractivity contribution in [3.63, 3.8) is 0 Å². The molecule has 0 radical (unpaired) electrons. The molecule has 1 N–H and O–H groups in total. The van der Waals surface area contributed by atoms with Gasteiger partial charge in [-0.1, -0.05) is 19.1 Å². The molecule has 1 heterocycles. The van der Waals surface area contributed by atoms with Gasteiger partial charge in [0.15, 0.2) is 0 Å². The molecule has 104 valence electrons.